The number of halogens is 2. The molecule has 0 aliphatic rings. The van der Waals surface area contributed by atoms with Crippen LogP contribution in [-0.2, 0) is 39.0 Å². The maximum absolute atomic E-state index is 2.26. The van der Waals surface area contributed by atoms with E-state index in [1.54, 1.807) is 0 Å². The van der Waals surface area contributed by atoms with Crippen LogP contribution in [0.3, 0.4) is 0 Å². The zero-order chi connectivity index (χ0) is 19.5. The van der Waals surface area contributed by atoms with Crippen molar-refractivity contribution in [1.29, 1.82) is 0 Å². The third kappa shape index (κ3) is 10.1. The van der Waals surface area contributed by atoms with E-state index in [0.29, 0.717) is 0 Å². The van der Waals surface area contributed by atoms with Crippen molar-refractivity contribution >= 4 is 31.1 Å². The van der Waals surface area contributed by atoms with Gasteiger partial charge in [-0.3, -0.25) is 0 Å². The Kier molecular flexibility index (Phi) is 18.9. The average Bonchev–Trinajstić information content (AvgIpc) is 3.32. The number of benzene rings is 2. The fraction of sp³-hybridized carbons (Fsp3) is 0.308. The summed E-state index contributed by atoms with van der Waals surface area (Å²) >= 11 is 0. The number of rotatable bonds is 4. The molecule has 0 bridgehead atoms. The van der Waals surface area contributed by atoms with Gasteiger partial charge in [-0.2, -0.15) is 12.1 Å². The first-order valence-corrected chi connectivity index (χ1v) is 11.6. The van der Waals surface area contributed by atoms with Crippen molar-refractivity contribution in [3.8, 4) is 0 Å². The minimum atomic E-state index is 0. The van der Waals surface area contributed by atoms with Crippen LogP contribution in [-0.4, -0.2) is 9.52 Å². The van der Waals surface area contributed by atoms with E-state index in [4.69, 9.17) is 0 Å². The molecule has 0 N–H and O–H groups in total. The summed E-state index contributed by atoms with van der Waals surface area (Å²) in [6.07, 6.45) is 2.27. The van der Waals surface area contributed by atoms with E-state index >= 15 is 0 Å². The van der Waals surface area contributed by atoms with Crippen molar-refractivity contribution in [2.45, 2.75) is 52.6 Å². The Hall–Kier alpha value is -0.660. The van der Waals surface area contributed by atoms with E-state index < -0.39 is 0 Å². The van der Waals surface area contributed by atoms with Crippen LogP contribution in [0.4, 0.5) is 0 Å². The SMILES string of the molecule is CC[Si]CC.CCc1cc2ccccc2[cH-]1.CCc1cc2ccccc2[cH-]1.[Cl-].[Cl-].[Zr+4]. The molecule has 4 aromatic carbocycles. The normalized spacial score (nSPS) is 9.20. The molecule has 0 heterocycles. The standard InChI is InChI=1S/2C11H11.C4H10Si.2ClH.Zr/c2*1-2-9-7-10-5-3-4-6-11(10)8-9;1-3-5-4-2;;;/h2*3-8H,2H2,1H3;3-4H2,1-2H3;2*1H;/q2*-1;;;;+4/p-2. The van der Waals surface area contributed by atoms with Crippen molar-refractivity contribution < 1.29 is 51.0 Å². The number of hydrogen-bond donors (Lipinski definition) is 0. The first kappa shape index (κ1) is 31.5. The van der Waals surface area contributed by atoms with Gasteiger partial charge in [-0.25, -0.2) is 0 Å². The Morgan fingerprint density at radius 1 is 0.633 bits per heavy atom. The van der Waals surface area contributed by atoms with Gasteiger partial charge in [-0.15, -0.1) is 81.2 Å². The van der Waals surface area contributed by atoms with Gasteiger partial charge in [0.1, 0.15) is 0 Å². The molecule has 0 aliphatic heterocycles. The second-order valence-electron chi connectivity index (χ2n) is 6.65. The van der Waals surface area contributed by atoms with Gasteiger partial charge in [0.15, 0.2) is 0 Å². The number of aryl methyl sites for hydroxylation is 2. The number of fused-ring (bicyclic) bond motifs is 2. The van der Waals surface area contributed by atoms with E-state index in [9.17, 15) is 0 Å². The molecule has 0 saturated carbocycles. The first-order chi connectivity index (χ1) is 13.2. The topological polar surface area (TPSA) is 0 Å². The Bertz CT molecular complexity index is 785. The molecule has 158 valence electrons. The maximum atomic E-state index is 2.26. The van der Waals surface area contributed by atoms with Crippen LogP contribution < -0.4 is 24.8 Å². The van der Waals surface area contributed by atoms with Crippen LogP contribution in [0.1, 0.15) is 38.8 Å². The Morgan fingerprint density at radius 2 is 1.00 bits per heavy atom. The maximum Gasteiger partial charge on any atom is 4.00 e. The third-order valence-corrected chi connectivity index (χ3v) is 5.67. The van der Waals surface area contributed by atoms with Crippen molar-refractivity contribution in [2.24, 2.45) is 0 Å². The molecule has 4 heteroatoms. The van der Waals surface area contributed by atoms with Crippen molar-refractivity contribution in [3.05, 3.63) is 83.9 Å². The van der Waals surface area contributed by atoms with Gasteiger partial charge < -0.3 is 24.8 Å². The molecular weight excluding hydrogens is 503 g/mol. The minimum absolute atomic E-state index is 0. The fourth-order valence-electron chi connectivity index (χ4n) is 3.09. The molecule has 0 nitrogen and oxygen atoms in total. The third-order valence-electron chi connectivity index (χ3n) is 4.67. The Morgan fingerprint density at radius 3 is 1.27 bits per heavy atom. The van der Waals surface area contributed by atoms with Gasteiger partial charge in [0.2, 0.25) is 0 Å². The van der Waals surface area contributed by atoms with Crippen LogP contribution in [0.25, 0.3) is 21.5 Å². The van der Waals surface area contributed by atoms with Crippen LogP contribution >= 0.6 is 0 Å². The largest absolute Gasteiger partial charge is 4.00 e. The van der Waals surface area contributed by atoms with Gasteiger partial charge in [0, 0.05) is 9.52 Å². The summed E-state index contributed by atoms with van der Waals surface area (Å²) in [5.74, 6) is 0. The summed E-state index contributed by atoms with van der Waals surface area (Å²) in [5, 5.41) is 5.46. The molecule has 4 aromatic rings. The Labute approximate surface area is 217 Å². The summed E-state index contributed by atoms with van der Waals surface area (Å²) in [4.78, 5) is 0. The van der Waals surface area contributed by atoms with E-state index in [-0.39, 0.29) is 51.0 Å². The summed E-state index contributed by atoms with van der Waals surface area (Å²) in [6.45, 7) is 8.83. The first-order valence-electron chi connectivity index (χ1n) is 10.2. The zero-order valence-corrected chi connectivity index (χ0v) is 23.5. The second kappa shape index (κ2) is 18.0. The summed E-state index contributed by atoms with van der Waals surface area (Å²) in [5.41, 5.74) is 2.87. The zero-order valence-electron chi connectivity index (χ0n) is 18.5. The molecular formula is C26H32Cl2SiZr. The van der Waals surface area contributed by atoms with Gasteiger partial charge in [-0.1, -0.05) is 51.9 Å². The molecule has 0 unspecified atom stereocenters. The van der Waals surface area contributed by atoms with Gasteiger partial charge in [0.25, 0.3) is 0 Å². The molecule has 0 atom stereocenters. The van der Waals surface area contributed by atoms with Crippen molar-refractivity contribution in [2.75, 3.05) is 0 Å². The molecule has 2 radical (unpaired) electrons. The van der Waals surface area contributed by atoms with Crippen molar-refractivity contribution in [3.63, 3.8) is 0 Å². The van der Waals surface area contributed by atoms with Crippen LogP contribution in [0.15, 0.2) is 72.8 Å². The van der Waals surface area contributed by atoms with E-state index in [1.807, 2.05) is 0 Å². The van der Waals surface area contributed by atoms with E-state index in [1.165, 1.54) is 54.3 Å². The molecule has 4 rings (SSSR count). The summed E-state index contributed by atoms with van der Waals surface area (Å²) < 4.78 is 0. The average molecular weight is 535 g/mol. The van der Waals surface area contributed by atoms with E-state index in [0.717, 1.165) is 12.8 Å². The smallest absolute Gasteiger partial charge is 1.00 e. The van der Waals surface area contributed by atoms with Gasteiger partial charge in [-0.05, 0) is 12.8 Å². The molecule has 0 amide bonds. The molecule has 0 aromatic heterocycles. The van der Waals surface area contributed by atoms with Crippen LogP contribution in [0.2, 0.25) is 12.1 Å². The summed E-state index contributed by atoms with van der Waals surface area (Å²) in [6, 6.07) is 28.8. The predicted molar refractivity (Wildman–Crippen MR) is 125 cm³/mol. The predicted octanol–water partition coefficient (Wildman–Crippen LogP) is 1.81. The van der Waals surface area contributed by atoms with Gasteiger partial charge >= 0.3 is 26.2 Å². The van der Waals surface area contributed by atoms with Crippen LogP contribution in [0, 0.1) is 0 Å². The summed E-state index contributed by atoms with van der Waals surface area (Å²) in [7, 11) is 1.20. The van der Waals surface area contributed by atoms with Crippen molar-refractivity contribution in [1.82, 2.24) is 0 Å². The number of hydrogen-bond acceptors (Lipinski definition) is 0. The second-order valence-corrected chi connectivity index (χ2v) is 8.56. The molecule has 30 heavy (non-hydrogen) atoms. The van der Waals surface area contributed by atoms with E-state index in [2.05, 4.69) is 100 Å². The molecule has 0 fully saturated rings. The quantitative estimate of drug-likeness (QED) is 0.277. The fourth-order valence-corrected chi connectivity index (χ4v) is 3.59. The van der Waals surface area contributed by atoms with Gasteiger partial charge in [0.05, 0.1) is 0 Å². The molecule has 0 aliphatic carbocycles. The monoisotopic (exact) mass is 532 g/mol. The minimum Gasteiger partial charge on any atom is -1.00 e. The molecule has 0 spiro atoms. The molecule has 0 saturated heterocycles. The van der Waals surface area contributed by atoms with Crippen LogP contribution in [0.5, 0.6) is 0 Å². The Balaban J connectivity index is 0.